The van der Waals surface area contributed by atoms with Crippen molar-refractivity contribution in [1.29, 1.82) is 0 Å². The Kier molecular flexibility index (Phi) is 6.95. The van der Waals surface area contributed by atoms with Crippen LogP contribution in [0.2, 0.25) is 0 Å². The smallest absolute Gasteiger partial charge is 0.343 e. The standard InChI is InChI=1S/C19H21NO5/c1-2-3-4-5-14-24-17-10-12-18(13-11-17)25-19(21)15-6-8-16(9-7-15)20(22)23/h6-13H,2-5,14H2,1H3. The fourth-order valence-electron chi connectivity index (χ4n) is 2.21. The SMILES string of the molecule is CCCCCCOc1ccc(OC(=O)c2ccc([N+](=O)[O-])cc2)cc1. The van der Waals surface area contributed by atoms with Gasteiger partial charge >= 0.3 is 5.97 Å². The van der Waals surface area contributed by atoms with E-state index < -0.39 is 10.9 Å². The molecule has 0 aliphatic heterocycles. The number of carbonyl (C=O) groups is 1. The number of non-ortho nitro benzene ring substituents is 1. The average molecular weight is 343 g/mol. The van der Waals surface area contributed by atoms with Gasteiger partial charge in [-0.15, -0.1) is 0 Å². The van der Waals surface area contributed by atoms with E-state index in [0.717, 1.165) is 18.6 Å². The number of carbonyl (C=O) groups excluding carboxylic acids is 1. The van der Waals surface area contributed by atoms with Crippen molar-refractivity contribution in [2.24, 2.45) is 0 Å². The summed E-state index contributed by atoms with van der Waals surface area (Å²) < 4.78 is 10.9. The molecule has 25 heavy (non-hydrogen) atoms. The van der Waals surface area contributed by atoms with E-state index >= 15 is 0 Å². The van der Waals surface area contributed by atoms with Gasteiger partial charge in [-0.1, -0.05) is 26.2 Å². The second kappa shape index (κ2) is 9.42. The van der Waals surface area contributed by atoms with E-state index in [2.05, 4.69) is 6.92 Å². The number of ether oxygens (including phenoxy) is 2. The van der Waals surface area contributed by atoms with Crippen molar-refractivity contribution in [3.8, 4) is 11.5 Å². The van der Waals surface area contributed by atoms with Gasteiger partial charge in [0.05, 0.1) is 17.1 Å². The summed E-state index contributed by atoms with van der Waals surface area (Å²) in [6, 6.07) is 12.1. The molecule has 0 aliphatic carbocycles. The first-order chi connectivity index (χ1) is 12.1. The fraction of sp³-hybridized carbons (Fsp3) is 0.316. The van der Waals surface area contributed by atoms with Crippen LogP contribution in [0.15, 0.2) is 48.5 Å². The zero-order valence-electron chi connectivity index (χ0n) is 14.1. The molecule has 0 N–H and O–H groups in total. The number of nitro groups is 1. The second-order valence-corrected chi connectivity index (χ2v) is 5.57. The summed E-state index contributed by atoms with van der Waals surface area (Å²) in [5, 5.41) is 10.6. The lowest BCUT2D eigenvalue weighted by Crippen LogP contribution is -2.08. The maximum absolute atomic E-state index is 12.0. The Morgan fingerprint density at radius 1 is 0.960 bits per heavy atom. The third kappa shape index (κ3) is 5.91. The van der Waals surface area contributed by atoms with Gasteiger partial charge in [0, 0.05) is 12.1 Å². The molecule has 0 unspecified atom stereocenters. The topological polar surface area (TPSA) is 78.7 Å². The van der Waals surface area contributed by atoms with Gasteiger partial charge in [-0.3, -0.25) is 10.1 Å². The highest BCUT2D eigenvalue weighted by atomic mass is 16.6. The normalized spacial score (nSPS) is 10.3. The molecule has 2 rings (SSSR count). The van der Waals surface area contributed by atoms with Crippen molar-refractivity contribution in [3.63, 3.8) is 0 Å². The molecule has 0 fully saturated rings. The van der Waals surface area contributed by atoms with E-state index in [1.165, 1.54) is 37.1 Å². The van der Waals surface area contributed by atoms with Crippen LogP contribution in [-0.2, 0) is 0 Å². The van der Waals surface area contributed by atoms with E-state index in [1.807, 2.05) is 0 Å². The quantitative estimate of drug-likeness (QED) is 0.215. The van der Waals surface area contributed by atoms with Crippen LogP contribution in [0.5, 0.6) is 11.5 Å². The molecule has 0 saturated heterocycles. The molecular formula is C19H21NO5. The molecule has 0 spiro atoms. The second-order valence-electron chi connectivity index (χ2n) is 5.57. The molecule has 2 aromatic rings. The van der Waals surface area contributed by atoms with Gasteiger partial charge in [0.15, 0.2) is 0 Å². The Hall–Kier alpha value is -2.89. The molecule has 0 amide bonds. The molecule has 132 valence electrons. The summed E-state index contributed by atoms with van der Waals surface area (Å²) >= 11 is 0. The van der Waals surface area contributed by atoms with Gasteiger partial charge in [-0.25, -0.2) is 4.79 Å². The summed E-state index contributed by atoms with van der Waals surface area (Å²) in [6.07, 6.45) is 4.57. The minimum Gasteiger partial charge on any atom is -0.494 e. The minimum absolute atomic E-state index is 0.0722. The number of rotatable bonds is 9. The van der Waals surface area contributed by atoms with Gasteiger partial charge in [0.25, 0.3) is 5.69 Å². The zero-order valence-corrected chi connectivity index (χ0v) is 14.1. The number of benzene rings is 2. The summed E-state index contributed by atoms with van der Waals surface area (Å²) in [6.45, 7) is 2.83. The van der Waals surface area contributed by atoms with Crippen molar-refractivity contribution < 1.29 is 19.2 Å². The molecule has 2 aromatic carbocycles. The van der Waals surface area contributed by atoms with Crippen LogP contribution in [0.25, 0.3) is 0 Å². The Morgan fingerprint density at radius 3 is 2.20 bits per heavy atom. The van der Waals surface area contributed by atoms with Crippen molar-refractivity contribution in [2.45, 2.75) is 32.6 Å². The van der Waals surface area contributed by atoms with Crippen LogP contribution >= 0.6 is 0 Å². The Labute approximate surface area is 146 Å². The lowest BCUT2D eigenvalue weighted by atomic mass is 10.2. The third-order valence-corrected chi connectivity index (χ3v) is 3.61. The molecule has 0 aliphatic rings. The van der Waals surface area contributed by atoms with Crippen LogP contribution in [0, 0.1) is 10.1 Å². The highest BCUT2D eigenvalue weighted by Crippen LogP contribution is 2.20. The van der Waals surface area contributed by atoms with Crippen LogP contribution in [-0.4, -0.2) is 17.5 Å². The maximum Gasteiger partial charge on any atom is 0.343 e. The summed E-state index contributed by atoms with van der Waals surface area (Å²) in [7, 11) is 0. The number of nitro benzene ring substituents is 1. The largest absolute Gasteiger partial charge is 0.494 e. The predicted octanol–water partition coefficient (Wildman–Crippen LogP) is 4.77. The van der Waals surface area contributed by atoms with Crippen LogP contribution in [0.1, 0.15) is 43.0 Å². The van der Waals surface area contributed by atoms with Crippen molar-refractivity contribution in [1.82, 2.24) is 0 Å². The van der Waals surface area contributed by atoms with Crippen molar-refractivity contribution in [3.05, 3.63) is 64.2 Å². The van der Waals surface area contributed by atoms with E-state index in [4.69, 9.17) is 9.47 Å². The van der Waals surface area contributed by atoms with Gasteiger partial charge < -0.3 is 9.47 Å². The first-order valence-corrected chi connectivity index (χ1v) is 8.29. The zero-order chi connectivity index (χ0) is 18.1. The van der Waals surface area contributed by atoms with Gasteiger partial charge in [-0.2, -0.15) is 0 Å². The summed E-state index contributed by atoms with van der Waals surface area (Å²) in [4.78, 5) is 22.1. The minimum atomic E-state index is -0.567. The van der Waals surface area contributed by atoms with Gasteiger partial charge in [0.2, 0.25) is 0 Å². The van der Waals surface area contributed by atoms with E-state index in [1.54, 1.807) is 24.3 Å². The summed E-state index contributed by atoms with van der Waals surface area (Å²) in [5.41, 5.74) is 0.179. The number of esters is 1. The molecule has 0 heterocycles. The van der Waals surface area contributed by atoms with E-state index in [0.29, 0.717) is 12.4 Å². The van der Waals surface area contributed by atoms with Gasteiger partial charge in [-0.05, 0) is 42.8 Å². The number of unbranched alkanes of at least 4 members (excludes halogenated alkanes) is 3. The molecule has 0 saturated carbocycles. The first kappa shape index (κ1) is 18.4. The monoisotopic (exact) mass is 343 g/mol. The lowest BCUT2D eigenvalue weighted by Gasteiger charge is -2.08. The molecule has 0 aromatic heterocycles. The van der Waals surface area contributed by atoms with Crippen LogP contribution < -0.4 is 9.47 Å². The Bertz CT molecular complexity index is 695. The highest BCUT2D eigenvalue weighted by molar-refractivity contribution is 5.91. The lowest BCUT2D eigenvalue weighted by molar-refractivity contribution is -0.384. The molecular weight excluding hydrogens is 322 g/mol. The van der Waals surface area contributed by atoms with Crippen molar-refractivity contribution in [2.75, 3.05) is 6.61 Å². The van der Waals surface area contributed by atoms with Crippen LogP contribution in [0.3, 0.4) is 0 Å². The predicted molar refractivity (Wildman–Crippen MR) is 94.1 cm³/mol. The fourth-order valence-corrected chi connectivity index (χ4v) is 2.21. The molecule has 0 bridgehead atoms. The Morgan fingerprint density at radius 2 is 1.60 bits per heavy atom. The molecule has 0 atom stereocenters. The van der Waals surface area contributed by atoms with E-state index in [-0.39, 0.29) is 11.3 Å². The van der Waals surface area contributed by atoms with Crippen molar-refractivity contribution >= 4 is 11.7 Å². The van der Waals surface area contributed by atoms with E-state index in [9.17, 15) is 14.9 Å². The Balaban J connectivity index is 1.85. The number of hydrogen-bond acceptors (Lipinski definition) is 5. The average Bonchev–Trinajstić information content (AvgIpc) is 2.63. The molecule has 0 radical (unpaired) electrons. The van der Waals surface area contributed by atoms with Crippen LogP contribution in [0.4, 0.5) is 5.69 Å². The first-order valence-electron chi connectivity index (χ1n) is 8.29. The number of nitrogens with zero attached hydrogens (tertiary/aromatic N) is 1. The third-order valence-electron chi connectivity index (χ3n) is 3.61. The maximum atomic E-state index is 12.0. The highest BCUT2D eigenvalue weighted by Gasteiger charge is 2.11. The number of hydrogen-bond donors (Lipinski definition) is 0. The van der Waals surface area contributed by atoms with Gasteiger partial charge in [0.1, 0.15) is 11.5 Å². The molecule has 6 heteroatoms. The molecule has 6 nitrogen and oxygen atoms in total. The summed E-state index contributed by atoms with van der Waals surface area (Å²) in [5.74, 6) is 0.552.